The molecule has 0 aliphatic carbocycles. The smallest absolute Gasteiger partial charge is 0.0954 e. The fourth-order valence-electron chi connectivity index (χ4n) is 3.06. The summed E-state index contributed by atoms with van der Waals surface area (Å²) in [5.74, 6) is 0.592. The summed E-state index contributed by atoms with van der Waals surface area (Å²) in [4.78, 5) is 2.14. The summed E-state index contributed by atoms with van der Waals surface area (Å²) in [6, 6.07) is 0.229. The van der Waals surface area contributed by atoms with Crippen molar-refractivity contribution in [2.75, 3.05) is 14.1 Å². The minimum atomic E-state index is -0.362. The third kappa shape index (κ3) is 5.05. The van der Waals surface area contributed by atoms with Gasteiger partial charge in [-0.05, 0) is 39.8 Å². The van der Waals surface area contributed by atoms with Crippen LogP contribution in [0.5, 0.6) is 0 Å². The lowest BCUT2D eigenvalue weighted by Gasteiger charge is -2.43. The highest BCUT2D eigenvalue weighted by molar-refractivity contribution is 4.89. The van der Waals surface area contributed by atoms with Crippen LogP contribution >= 0.6 is 0 Å². The van der Waals surface area contributed by atoms with Crippen LogP contribution in [0.1, 0.15) is 59.3 Å². The monoisotopic (exact) mass is 271 g/mol. The van der Waals surface area contributed by atoms with Crippen molar-refractivity contribution < 1.29 is 9.84 Å². The number of unbranched alkanes of at least 4 members (excludes halogenated alkanes) is 3. The van der Waals surface area contributed by atoms with E-state index in [9.17, 15) is 5.11 Å². The normalized spacial score (nSPS) is 33.6. The van der Waals surface area contributed by atoms with Gasteiger partial charge < -0.3 is 14.7 Å². The average molecular weight is 271 g/mol. The number of rotatable bonds is 7. The van der Waals surface area contributed by atoms with Gasteiger partial charge >= 0.3 is 0 Å². The zero-order valence-electron chi connectivity index (χ0n) is 13.4. The molecule has 1 aliphatic rings. The fraction of sp³-hybridized carbons (Fsp3) is 1.00. The van der Waals surface area contributed by atoms with Gasteiger partial charge in [0.1, 0.15) is 0 Å². The van der Waals surface area contributed by atoms with Crippen molar-refractivity contribution in [3.05, 3.63) is 0 Å². The Bertz CT molecular complexity index is 245. The highest BCUT2D eigenvalue weighted by Crippen LogP contribution is 2.29. The molecule has 19 heavy (non-hydrogen) atoms. The van der Waals surface area contributed by atoms with Gasteiger partial charge in [-0.3, -0.25) is 0 Å². The van der Waals surface area contributed by atoms with Crippen molar-refractivity contribution in [2.24, 2.45) is 5.92 Å². The van der Waals surface area contributed by atoms with E-state index in [1.54, 1.807) is 0 Å². The molecule has 0 bridgehead atoms. The molecule has 0 aromatic carbocycles. The predicted octanol–water partition coefficient (Wildman–Crippen LogP) is 3.06. The first-order chi connectivity index (χ1) is 8.97. The van der Waals surface area contributed by atoms with Gasteiger partial charge in [0, 0.05) is 6.04 Å². The maximum atomic E-state index is 10.2. The van der Waals surface area contributed by atoms with Crippen molar-refractivity contribution in [2.45, 2.75) is 83.6 Å². The first-order valence-corrected chi connectivity index (χ1v) is 7.97. The highest BCUT2D eigenvalue weighted by Gasteiger charge is 2.38. The zero-order chi connectivity index (χ0) is 14.4. The van der Waals surface area contributed by atoms with Gasteiger partial charge in [0.2, 0.25) is 0 Å². The van der Waals surface area contributed by atoms with E-state index in [0.717, 1.165) is 6.42 Å². The number of aliphatic hydroxyl groups is 1. The molecular formula is C16H33NO2. The maximum absolute atomic E-state index is 10.2. The van der Waals surface area contributed by atoms with E-state index in [-0.39, 0.29) is 18.2 Å². The Balaban J connectivity index is 2.44. The fourth-order valence-corrected chi connectivity index (χ4v) is 3.06. The lowest BCUT2D eigenvalue weighted by molar-refractivity contribution is -0.154. The van der Waals surface area contributed by atoms with E-state index in [1.165, 1.54) is 32.1 Å². The van der Waals surface area contributed by atoms with Gasteiger partial charge in [0.15, 0.2) is 0 Å². The van der Waals surface area contributed by atoms with Crippen LogP contribution in [0.25, 0.3) is 0 Å². The summed E-state index contributed by atoms with van der Waals surface area (Å²) in [5, 5.41) is 10.2. The molecule has 1 heterocycles. The molecule has 0 amide bonds. The van der Waals surface area contributed by atoms with Crippen LogP contribution in [-0.4, -0.2) is 48.5 Å². The molecule has 3 heteroatoms. The number of nitrogens with zero attached hydrogens (tertiary/aromatic N) is 1. The third-order valence-corrected chi connectivity index (χ3v) is 4.55. The lowest BCUT2D eigenvalue weighted by atomic mass is 9.87. The van der Waals surface area contributed by atoms with Crippen LogP contribution in [0, 0.1) is 5.92 Å². The standard InChI is InChI=1S/C16H33NO2/c1-6-7-8-9-10-12(2)15-11-14(17(4)5)16(18)13(3)19-15/h12-16,18H,6-11H2,1-5H3/t12?,13-,14-,15?,16-/m1/s1. The van der Waals surface area contributed by atoms with Gasteiger partial charge in [0.25, 0.3) is 0 Å². The second-order valence-corrected chi connectivity index (χ2v) is 6.46. The summed E-state index contributed by atoms with van der Waals surface area (Å²) in [5.41, 5.74) is 0. The van der Waals surface area contributed by atoms with Crippen LogP contribution in [0.15, 0.2) is 0 Å². The van der Waals surface area contributed by atoms with E-state index in [0.29, 0.717) is 12.0 Å². The number of likely N-dealkylation sites (N-methyl/N-ethyl adjacent to an activating group) is 1. The minimum Gasteiger partial charge on any atom is -0.389 e. The molecule has 114 valence electrons. The molecule has 0 aromatic rings. The number of ether oxygens (including phenoxy) is 1. The number of aliphatic hydroxyl groups excluding tert-OH is 1. The van der Waals surface area contributed by atoms with E-state index in [1.807, 2.05) is 6.92 Å². The summed E-state index contributed by atoms with van der Waals surface area (Å²) < 4.78 is 6.02. The molecule has 1 aliphatic heterocycles. The van der Waals surface area contributed by atoms with Gasteiger partial charge in [-0.25, -0.2) is 0 Å². The highest BCUT2D eigenvalue weighted by atomic mass is 16.5. The molecule has 2 unspecified atom stereocenters. The van der Waals surface area contributed by atoms with Crippen LogP contribution in [-0.2, 0) is 4.74 Å². The SMILES string of the molecule is CCCCCCC(C)C1C[C@@H](N(C)C)[C@H](O)[C@@H](C)O1. The Morgan fingerprint density at radius 1 is 1.26 bits per heavy atom. The lowest BCUT2D eigenvalue weighted by Crippen LogP contribution is -2.54. The molecule has 1 N–H and O–H groups in total. The molecule has 0 aromatic heterocycles. The molecule has 0 saturated carbocycles. The Morgan fingerprint density at radius 2 is 1.95 bits per heavy atom. The number of hydrogen-bond donors (Lipinski definition) is 1. The van der Waals surface area contributed by atoms with Gasteiger partial charge in [-0.1, -0.05) is 39.5 Å². The van der Waals surface area contributed by atoms with Gasteiger partial charge in [0.05, 0.1) is 18.3 Å². The Hall–Kier alpha value is -0.120. The van der Waals surface area contributed by atoms with E-state index in [2.05, 4.69) is 32.8 Å². The molecule has 1 saturated heterocycles. The van der Waals surface area contributed by atoms with Crippen molar-refractivity contribution in [1.29, 1.82) is 0 Å². The van der Waals surface area contributed by atoms with Crippen LogP contribution < -0.4 is 0 Å². The maximum Gasteiger partial charge on any atom is 0.0954 e. The van der Waals surface area contributed by atoms with Crippen LogP contribution in [0.3, 0.4) is 0 Å². The summed E-state index contributed by atoms with van der Waals surface area (Å²) >= 11 is 0. The number of hydrogen-bond acceptors (Lipinski definition) is 3. The van der Waals surface area contributed by atoms with Gasteiger partial charge in [-0.2, -0.15) is 0 Å². The molecule has 0 spiro atoms. The van der Waals surface area contributed by atoms with Crippen molar-refractivity contribution in [3.8, 4) is 0 Å². The molecule has 1 fully saturated rings. The predicted molar refractivity (Wildman–Crippen MR) is 80.4 cm³/mol. The van der Waals surface area contributed by atoms with E-state index >= 15 is 0 Å². The van der Waals surface area contributed by atoms with Crippen LogP contribution in [0.2, 0.25) is 0 Å². The Labute approximate surface area is 119 Å². The summed E-state index contributed by atoms with van der Waals surface area (Å²) in [6.45, 7) is 6.54. The molecule has 1 rings (SSSR count). The van der Waals surface area contributed by atoms with Gasteiger partial charge in [-0.15, -0.1) is 0 Å². The second kappa shape index (κ2) is 8.23. The zero-order valence-corrected chi connectivity index (χ0v) is 13.4. The molecule has 0 radical (unpaired) electrons. The first kappa shape index (κ1) is 16.9. The first-order valence-electron chi connectivity index (χ1n) is 7.97. The van der Waals surface area contributed by atoms with Crippen molar-refractivity contribution in [3.63, 3.8) is 0 Å². The topological polar surface area (TPSA) is 32.7 Å². The average Bonchev–Trinajstić information content (AvgIpc) is 2.37. The van der Waals surface area contributed by atoms with Crippen molar-refractivity contribution >= 4 is 0 Å². The van der Waals surface area contributed by atoms with E-state index in [4.69, 9.17) is 4.74 Å². The Kier molecular flexibility index (Phi) is 7.33. The quantitative estimate of drug-likeness (QED) is 0.722. The summed E-state index contributed by atoms with van der Waals surface area (Å²) in [6.07, 6.45) is 7.35. The van der Waals surface area contributed by atoms with Crippen molar-refractivity contribution in [1.82, 2.24) is 4.90 Å². The second-order valence-electron chi connectivity index (χ2n) is 6.46. The van der Waals surface area contributed by atoms with E-state index < -0.39 is 0 Å². The minimum absolute atomic E-state index is 0.0516. The molecule has 3 nitrogen and oxygen atoms in total. The molecular weight excluding hydrogens is 238 g/mol. The third-order valence-electron chi connectivity index (χ3n) is 4.55. The van der Waals surface area contributed by atoms with Crippen LogP contribution in [0.4, 0.5) is 0 Å². The summed E-state index contributed by atoms with van der Waals surface area (Å²) in [7, 11) is 4.10. The molecule has 5 atom stereocenters. The Morgan fingerprint density at radius 3 is 2.53 bits per heavy atom. The largest absolute Gasteiger partial charge is 0.389 e.